The van der Waals surface area contributed by atoms with Crippen molar-refractivity contribution in [2.24, 2.45) is 17.8 Å². The summed E-state index contributed by atoms with van der Waals surface area (Å²) >= 11 is 0. The fraction of sp³-hybridized carbons (Fsp3) is 0.500. The molecule has 0 amide bonds. The largest absolute Gasteiger partial charge is 0.497 e. The summed E-state index contributed by atoms with van der Waals surface area (Å²) in [6.45, 7) is 2.13. The number of hydrogen-bond acceptors (Lipinski definition) is 2. The molecule has 0 saturated heterocycles. The van der Waals surface area contributed by atoms with Crippen molar-refractivity contribution in [1.29, 1.82) is 0 Å². The van der Waals surface area contributed by atoms with Crippen molar-refractivity contribution >= 4 is 5.97 Å². The van der Waals surface area contributed by atoms with Gasteiger partial charge in [0.25, 0.3) is 0 Å². The summed E-state index contributed by atoms with van der Waals surface area (Å²) < 4.78 is 5.18. The number of methoxy groups -OCH3 is 1. The van der Waals surface area contributed by atoms with E-state index in [1.165, 1.54) is 5.56 Å². The molecular formula is C14H18O3. The molecule has 0 radical (unpaired) electrons. The van der Waals surface area contributed by atoms with Crippen LogP contribution in [0.4, 0.5) is 0 Å². The quantitative estimate of drug-likeness (QED) is 0.851. The van der Waals surface area contributed by atoms with Gasteiger partial charge in [-0.05, 0) is 42.4 Å². The lowest BCUT2D eigenvalue weighted by Gasteiger charge is -2.11. The zero-order chi connectivity index (χ0) is 12.4. The van der Waals surface area contributed by atoms with Gasteiger partial charge in [0.05, 0.1) is 13.0 Å². The first-order valence-electron chi connectivity index (χ1n) is 5.97. The predicted molar refractivity (Wildman–Crippen MR) is 65.1 cm³/mol. The Balaban J connectivity index is 1.94. The average molecular weight is 234 g/mol. The third kappa shape index (κ3) is 2.78. The molecule has 92 valence electrons. The molecule has 1 saturated carbocycles. The zero-order valence-corrected chi connectivity index (χ0v) is 10.2. The Kier molecular flexibility index (Phi) is 3.36. The van der Waals surface area contributed by atoms with E-state index in [-0.39, 0.29) is 5.92 Å². The van der Waals surface area contributed by atoms with Crippen molar-refractivity contribution in [1.82, 2.24) is 0 Å². The fourth-order valence-corrected chi connectivity index (χ4v) is 2.45. The second-order valence-corrected chi connectivity index (χ2v) is 4.88. The van der Waals surface area contributed by atoms with Crippen molar-refractivity contribution in [2.75, 3.05) is 7.11 Å². The van der Waals surface area contributed by atoms with E-state index in [1.807, 2.05) is 18.2 Å². The number of carbonyl (C=O) groups is 1. The van der Waals surface area contributed by atoms with Crippen LogP contribution in [0, 0.1) is 17.8 Å². The topological polar surface area (TPSA) is 46.5 Å². The van der Waals surface area contributed by atoms with Gasteiger partial charge in [-0.25, -0.2) is 0 Å². The molecule has 3 heteroatoms. The van der Waals surface area contributed by atoms with Crippen LogP contribution in [-0.4, -0.2) is 18.2 Å². The van der Waals surface area contributed by atoms with Gasteiger partial charge in [-0.2, -0.15) is 0 Å². The van der Waals surface area contributed by atoms with Gasteiger partial charge in [-0.1, -0.05) is 19.1 Å². The van der Waals surface area contributed by atoms with Crippen molar-refractivity contribution in [3.8, 4) is 5.75 Å². The van der Waals surface area contributed by atoms with Crippen LogP contribution in [0.15, 0.2) is 24.3 Å². The molecular weight excluding hydrogens is 216 g/mol. The summed E-state index contributed by atoms with van der Waals surface area (Å²) in [4.78, 5) is 10.8. The van der Waals surface area contributed by atoms with Crippen LogP contribution >= 0.6 is 0 Å². The molecule has 1 aromatic rings. The monoisotopic (exact) mass is 234 g/mol. The van der Waals surface area contributed by atoms with Gasteiger partial charge in [0.1, 0.15) is 5.75 Å². The smallest absolute Gasteiger partial charge is 0.306 e. The first-order valence-corrected chi connectivity index (χ1v) is 5.97. The Morgan fingerprint density at radius 3 is 2.94 bits per heavy atom. The molecule has 1 N–H and O–H groups in total. The van der Waals surface area contributed by atoms with Crippen molar-refractivity contribution in [3.05, 3.63) is 29.8 Å². The SMILES string of the molecule is COc1cccc(CC(C)C2CC2C(=O)O)c1. The molecule has 0 aromatic heterocycles. The van der Waals surface area contributed by atoms with Gasteiger partial charge >= 0.3 is 5.97 Å². The minimum absolute atomic E-state index is 0.115. The molecule has 1 fully saturated rings. The summed E-state index contributed by atoms with van der Waals surface area (Å²) in [5.41, 5.74) is 1.22. The number of ether oxygens (including phenoxy) is 1. The molecule has 0 aliphatic heterocycles. The van der Waals surface area contributed by atoms with E-state index in [1.54, 1.807) is 7.11 Å². The maximum Gasteiger partial charge on any atom is 0.306 e. The van der Waals surface area contributed by atoms with Crippen LogP contribution in [0.2, 0.25) is 0 Å². The van der Waals surface area contributed by atoms with E-state index in [9.17, 15) is 4.79 Å². The third-order valence-corrected chi connectivity index (χ3v) is 3.58. The van der Waals surface area contributed by atoms with Gasteiger partial charge in [-0.3, -0.25) is 4.79 Å². The van der Waals surface area contributed by atoms with Gasteiger partial charge in [0.2, 0.25) is 0 Å². The summed E-state index contributed by atoms with van der Waals surface area (Å²) in [6.07, 6.45) is 1.76. The average Bonchev–Trinajstić information content (AvgIpc) is 3.09. The van der Waals surface area contributed by atoms with E-state index >= 15 is 0 Å². The van der Waals surface area contributed by atoms with E-state index in [2.05, 4.69) is 13.0 Å². The highest BCUT2D eigenvalue weighted by Gasteiger charge is 2.45. The van der Waals surface area contributed by atoms with Crippen LogP contribution in [0.1, 0.15) is 18.9 Å². The molecule has 0 heterocycles. The highest BCUT2D eigenvalue weighted by Crippen LogP contribution is 2.45. The molecule has 0 spiro atoms. The third-order valence-electron chi connectivity index (χ3n) is 3.58. The van der Waals surface area contributed by atoms with Gasteiger partial charge in [-0.15, -0.1) is 0 Å². The fourth-order valence-electron chi connectivity index (χ4n) is 2.45. The summed E-state index contributed by atoms with van der Waals surface area (Å²) in [5.74, 6) is 0.866. The van der Waals surface area contributed by atoms with Crippen LogP contribution in [0.25, 0.3) is 0 Å². The lowest BCUT2D eigenvalue weighted by molar-refractivity contribution is -0.139. The molecule has 17 heavy (non-hydrogen) atoms. The minimum atomic E-state index is -0.646. The zero-order valence-electron chi connectivity index (χ0n) is 10.2. The molecule has 3 atom stereocenters. The van der Waals surface area contributed by atoms with Crippen LogP contribution < -0.4 is 4.74 Å². The Morgan fingerprint density at radius 2 is 2.35 bits per heavy atom. The Morgan fingerprint density at radius 1 is 1.59 bits per heavy atom. The first-order chi connectivity index (χ1) is 8.11. The molecule has 1 aromatic carbocycles. The summed E-state index contributed by atoms with van der Waals surface area (Å²) in [5, 5.41) is 8.90. The van der Waals surface area contributed by atoms with Crippen molar-refractivity contribution in [3.63, 3.8) is 0 Å². The first kappa shape index (κ1) is 12.0. The highest BCUT2D eigenvalue weighted by molar-refractivity contribution is 5.73. The van der Waals surface area contributed by atoms with E-state index in [0.717, 1.165) is 18.6 Å². The standard InChI is InChI=1S/C14H18O3/c1-9(12-8-13(12)14(15)16)6-10-4-3-5-11(7-10)17-2/h3-5,7,9,12-13H,6,8H2,1-2H3,(H,15,16). The number of benzene rings is 1. The van der Waals surface area contributed by atoms with Crippen molar-refractivity contribution in [2.45, 2.75) is 19.8 Å². The van der Waals surface area contributed by atoms with Gasteiger partial charge in [0.15, 0.2) is 0 Å². The molecule has 2 rings (SSSR count). The molecule has 0 bridgehead atoms. The lowest BCUT2D eigenvalue weighted by atomic mass is 9.95. The van der Waals surface area contributed by atoms with Crippen LogP contribution in [0.3, 0.4) is 0 Å². The van der Waals surface area contributed by atoms with Gasteiger partial charge < -0.3 is 9.84 Å². The summed E-state index contributed by atoms with van der Waals surface area (Å²) in [6, 6.07) is 7.99. The van der Waals surface area contributed by atoms with Gasteiger partial charge in [0, 0.05) is 0 Å². The number of rotatable bonds is 5. The molecule has 1 aliphatic carbocycles. The van der Waals surface area contributed by atoms with Crippen LogP contribution in [-0.2, 0) is 11.2 Å². The van der Waals surface area contributed by atoms with E-state index in [0.29, 0.717) is 11.8 Å². The molecule has 3 unspecified atom stereocenters. The van der Waals surface area contributed by atoms with Crippen molar-refractivity contribution < 1.29 is 14.6 Å². The predicted octanol–water partition coefficient (Wildman–Crippen LogP) is 2.59. The molecule has 1 aliphatic rings. The maximum absolute atomic E-state index is 10.8. The molecule has 3 nitrogen and oxygen atoms in total. The van der Waals surface area contributed by atoms with Crippen LogP contribution in [0.5, 0.6) is 5.75 Å². The highest BCUT2D eigenvalue weighted by atomic mass is 16.5. The lowest BCUT2D eigenvalue weighted by Crippen LogP contribution is -2.08. The Hall–Kier alpha value is -1.51. The Bertz CT molecular complexity index is 414. The normalized spacial score (nSPS) is 24.1. The number of carboxylic acids is 1. The number of hydrogen-bond donors (Lipinski definition) is 1. The van der Waals surface area contributed by atoms with E-state index in [4.69, 9.17) is 9.84 Å². The number of carboxylic acid groups (broad SMARTS) is 1. The second kappa shape index (κ2) is 4.78. The number of aliphatic carboxylic acids is 1. The van der Waals surface area contributed by atoms with E-state index < -0.39 is 5.97 Å². The Labute approximate surface area is 101 Å². The summed E-state index contributed by atoms with van der Waals surface area (Å²) in [7, 11) is 1.66. The minimum Gasteiger partial charge on any atom is -0.497 e. The maximum atomic E-state index is 10.8. The second-order valence-electron chi connectivity index (χ2n) is 4.88.